The fourth-order valence-electron chi connectivity index (χ4n) is 2.09. The molecule has 0 aliphatic carbocycles. The predicted molar refractivity (Wildman–Crippen MR) is 72.6 cm³/mol. The molecule has 1 heterocycles. The van der Waals surface area contributed by atoms with E-state index >= 15 is 0 Å². The van der Waals surface area contributed by atoms with Crippen LogP contribution in [0, 0.1) is 5.92 Å². The van der Waals surface area contributed by atoms with Gasteiger partial charge in [0, 0.05) is 33.4 Å². The number of aliphatic carboxylic acids is 1. The number of hydrogen-bond donors (Lipinski definition) is 2. The van der Waals surface area contributed by atoms with E-state index in [0.29, 0.717) is 45.9 Å². The maximum absolute atomic E-state index is 11.9. The number of nitrogens with zero attached hydrogens (tertiary/aromatic N) is 1. The lowest BCUT2D eigenvalue weighted by Crippen LogP contribution is -2.47. The standard InChI is InChI=1S/C13H24N2O5/c1-19-8-9-20-7-3-5-14-13(18)15-6-2-4-11(10-15)12(16)17/h11H,2-10H2,1H3,(H,14,18)(H,16,17)/t11-/m0/s1. The topological polar surface area (TPSA) is 88.1 Å². The van der Waals surface area contributed by atoms with Crippen molar-refractivity contribution in [1.29, 1.82) is 0 Å². The molecular formula is C13H24N2O5. The number of likely N-dealkylation sites (tertiary alicyclic amines) is 1. The number of ether oxygens (including phenoxy) is 2. The van der Waals surface area contributed by atoms with Gasteiger partial charge in [0.25, 0.3) is 0 Å². The molecule has 1 aliphatic rings. The summed E-state index contributed by atoms with van der Waals surface area (Å²) in [5.74, 6) is -1.26. The van der Waals surface area contributed by atoms with Crippen LogP contribution in [-0.2, 0) is 14.3 Å². The Balaban J connectivity index is 2.11. The van der Waals surface area contributed by atoms with Gasteiger partial charge in [-0.05, 0) is 19.3 Å². The highest BCUT2D eigenvalue weighted by molar-refractivity contribution is 5.76. The second-order valence-corrected chi connectivity index (χ2v) is 4.81. The normalized spacial score (nSPS) is 18.9. The minimum Gasteiger partial charge on any atom is -0.481 e. The average Bonchev–Trinajstić information content (AvgIpc) is 2.46. The number of methoxy groups -OCH3 is 1. The van der Waals surface area contributed by atoms with Crippen LogP contribution < -0.4 is 5.32 Å². The average molecular weight is 288 g/mol. The molecule has 1 saturated heterocycles. The number of amides is 2. The van der Waals surface area contributed by atoms with Crippen LogP contribution in [0.2, 0.25) is 0 Å². The third kappa shape index (κ3) is 6.21. The summed E-state index contributed by atoms with van der Waals surface area (Å²) < 4.78 is 10.1. The zero-order chi connectivity index (χ0) is 14.8. The molecule has 1 aliphatic heterocycles. The molecule has 20 heavy (non-hydrogen) atoms. The largest absolute Gasteiger partial charge is 0.481 e. The second kappa shape index (κ2) is 9.55. The number of hydrogen-bond acceptors (Lipinski definition) is 4. The van der Waals surface area contributed by atoms with Gasteiger partial charge in [-0.25, -0.2) is 4.79 Å². The van der Waals surface area contributed by atoms with Gasteiger partial charge in [-0.15, -0.1) is 0 Å². The van der Waals surface area contributed by atoms with Gasteiger partial charge in [0.2, 0.25) is 0 Å². The highest BCUT2D eigenvalue weighted by Gasteiger charge is 2.27. The molecule has 7 nitrogen and oxygen atoms in total. The van der Waals surface area contributed by atoms with E-state index < -0.39 is 11.9 Å². The van der Waals surface area contributed by atoms with E-state index in [2.05, 4.69) is 5.32 Å². The Kier molecular flexibility index (Phi) is 7.98. The number of nitrogens with one attached hydrogen (secondary N) is 1. The van der Waals surface area contributed by atoms with Gasteiger partial charge in [-0.1, -0.05) is 0 Å². The molecule has 1 fully saturated rings. The summed E-state index contributed by atoms with van der Waals surface area (Å²) in [6.45, 7) is 3.14. The van der Waals surface area contributed by atoms with Crippen molar-refractivity contribution < 1.29 is 24.2 Å². The SMILES string of the molecule is COCCOCCCNC(=O)N1CCC[C@H](C(=O)O)C1. The van der Waals surface area contributed by atoms with E-state index in [1.165, 1.54) is 0 Å². The molecule has 2 amide bonds. The summed E-state index contributed by atoms with van der Waals surface area (Å²) in [6.07, 6.45) is 2.11. The summed E-state index contributed by atoms with van der Waals surface area (Å²) in [7, 11) is 1.62. The third-order valence-electron chi connectivity index (χ3n) is 3.23. The van der Waals surface area contributed by atoms with Gasteiger partial charge in [0.15, 0.2) is 0 Å². The van der Waals surface area contributed by atoms with Crippen molar-refractivity contribution in [2.75, 3.05) is 46.6 Å². The molecule has 0 saturated carbocycles. The second-order valence-electron chi connectivity index (χ2n) is 4.81. The van der Waals surface area contributed by atoms with Crippen LogP contribution in [0.15, 0.2) is 0 Å². The Morgan fingerprint density at radius 2 is 2.15 bits per heavy atom. The van der Waals surface area contributed by atoms with Crippen LogP contribution in [-0.4, -0.2) is 68.6 Å². The van der Waals surface area contributed by atoms with Crippen molar-refractivity contribution in [3.8, 4) is 0 Å². The first-order chi connectivity index (χ1) is 9.65. The summed E-state index contributed by atoms with van der Waals surface area (Å²) in [6, 6.07) is -0.187. The Hall–Kier alpha value is -1.34. The van der Waals surface area contributed by atoms with Crippen molar-refractivity contribution in [2.24, 2.45) is 5.92 Å². The molecule has 0 aromatic heterocycles. The number of carboxylic acid groups (broad SMARTS) is 1. The van der Waals surface area contributed by atoms with Crippen LogP contribution in [0.3, 0.4) is 0 Å². The van der Waals surface area contributed by atoms with Crippen molar-refractivity contribution in [1.82, 2.24) is 10.2 Å². The lowest BCUT2D eigenvalue weighted by atomic mass is 9.99. The molecular weight excluding hydrogens is 264 g/mol. The third-order valence-corrected chi connectivity index (χ3v) is 3.23. The molecule has 0 aromatic rings. The van der Waals surface area contributed by atoms with Crippen LogP contribution in [0.4, 0.5) is 4.79 Å². The van der Waals surface area contributed by atoms with Gasteiger partial charge in [0.1, 0.15) is 0 Å². The Morgan fingerprint density at radius 3 is 2.85 bits per heavy atom. The first-order valence-electron chi connectivity index (χ1n) is 6.97. The van der Waals surface area contributed by atoms with Crippen LogP contribution >= 0.6 is 0 Å². The smallest absolute Gasteiger partial charge is 0.317 e. The Labute approximate surface area is 119 Å². The molecule has 0 aromatic carbocycles. The van der Waals surface area contributed by atoms with Crippen LogP contribution in [0.5, 0.6) is 0 Å². The van der Waals surface area contributed by atoms with Gasteiger partial charge in [-0.3, -0.25) is 4.79 Å². The number of carbonyl (C=O) groups excluding carboxylic acids is 1. The van der Waals surface area contributed by atoms with Gasteiger partial charge < -0.3 is 24.8 Å². The zero-order valence-electron chi connectivity index (χ0n) is 12.0. The molecule has 0 spiro atoms. The van der Waals surface area contributed by atoms with Crippen LogP contribution in [0.25, 0.3) is 0 Å². The lowest BCUT2D eigenvalue weighted by Gasteiger charge is -2.30. The molecule has 2 N–H and O–H groups in total. The van der Waals surface area contributed by atoms with Crippen molar-refractivity contribution in [3.05, 3.63) is 0 Å². The van der Waals surface area contributed by atoms with Crippen molar-refractivity contribution in [3.63, 3.8) is 0 Å². The Bertz CT molecular complexity index is 311. The molecule has 0 bridgehead atoms. The quantitative estimate of drug-likeness (QED) is 0.637. The predicted octanol–water partition coefficient (Wildman–Crippen LogP) is 0.546. The minimum atomic E-state index is -0.825. The van der Waals surface area contributed by atoms with Crippen molar-refractivity contribution >= 4 is 12.0 Å². The van der Waals surface area contributed by atoms with E-state index in [-0.39, 0.29) is 6.03 Å². The number of carboxylic acids is 1. The van der Waals surface area contributed by atoms with Gasteiger partial charge in [-0.2, -0.15) is 0 Å². The van der Waals surface area contributed by atoms with E-state index in [1.807, 2.05) is 0 Å². The molecule has 1 atom stereocenters. The monoisotopic (exact) mass is 288 g/mol. The fourth-order valence-corrected chi connectivity index (χ4v) is 2.09. The molecule has 7 heteroatoms. The van der Waals surface area contributed by atoms with E-state index in [4.69, 9.17) is 14.6 Å². The number of piperidine rings is 1. The first kappa shape index (κ1) is 16.7. The first-order valence-corrected chi connectivity index (χ1v) is 6.97. The van der Waals surface area contributed by atoms with Crippen LogP contribution in [0.1, 0.15) is 19.3 Å². The molecule has 116 valence electrons. The lowest BCUT2D eigenvalue weighted by molar-refractivity contribution is -0.143. The molecule has 0 unspecified atom stereocenters. The fraction of sp³-hybridized carbons (Fsp3) is 0.846. The summed E-state index contributed by atoms with van der Waals surface area (Å²) in [5.41, 5.74) is 0. The van der Waals surface area contributed by atoms with Crippen molar-refractivity contribution in [2.45, 2.75) is 19.3 Å². The number of rotatable bonds is 8. The minimum absolute atomic E-state index is 0.187. The zero-order valence-corrected chi connectivity index (χ0v) is 12.0. The summed E-state index contributed by atoms with van der Waals surface area (Å²) in [5, 5.41) is 11.8. The number of urea groups is 1. The Morgan fingerprint density at radius 1 is 1.35 bits per heavy atom. The highest BCUT2D eigenvalue weighted by atomic mass is 16.5. The molecule has 0 radical (unpaired) electrons. The summed E-state index contributed by atoms with van der Waals surface area (Å²) >= 11 is 0. The van der Waals surface area contributed by atoms with Gasteiger partial charge >= 0.3 is 12.0 Å². The van der Waals surface area contributed by atoms with Gasteiger partial charge in [0.05, 0.1) is 19.1 Å². The maximum Gasteiger partial charge on any atom is 0.317 e. The number of carbonyl (C=O) groups is 2. The van der Waals surface area contributed by atoms with E-state index in [0.717, 1.165) is 12.8 Å². The van der Waals surface area contributed by atoms with E-state index in [9.17, 15) is 9.59 Å². The molecule has 1 rings (SSSR count). The van der Waals surface area contributed by atoms with E-state index in [1.54, 1.807) is 12.0 Å². The highest BCUT2D eigenvalue weighted by Crippen LogP contribution is 2.16. The summed E-state index contributed by atoms with van der Waals surface area (Å²) in [4.78, 5) is 24.4. The maximum atomic E-state index is 11.9.